The summed E-state index contributed by atoms with van der Waals surface area (Å²) in [6.45, 7) is 4.05. The maximum absolute atomic E-state index is 13.1. The van der Waals surface area contributed by atoms with Crippen molar-refractivity contribution >= 4 is 33.2 Å². The Hall–Kier alpha value is -2.29. The summed E-state index contributed by atoms with van der Waals surface area (Å²) in [6.07, 6.45) is 6.45. The molecule has 2 N–H and O–H groups in total. The minimum Gasteiger partial charge on any atom is -0.490 e. The maximum atomic E-state index is 13.1. The van der Waals surface area contributed by atoms with Gasteiger partial charge in [-0.05, 0) is 111 Å². The molecule has 0 radical (unpaired) electrons. The van der Waals surface area contributed by atoms with Crippen LogP contribution in [0.25, 0.3) is 0 Å². The number of nitrogens with one attached hydrogen (secondary N) is 1. The van der Waals surface area contributed by atoms with Gasteiger partial charge in [-0.3, -0.25) is 4.79 Å². The van der Waals surface area contributed by atoms with Crippen LogP contribution in [0, 0.1) is 17.8 Å². The van der Waals surface area contributed by atoms with Gasteiger partial charge >= 0.3 is 0 Å². The lowest BCUT2D eigenvalue weighted by Crippen LogP contribution is -2.49. The predicted molar refractivity (Wildman–Crippen MR) is 157 cm³/mol. The molecule has 5 atom stereocenters. The highest BCUT2D eigenvalue weighted by Crippen LogP contribution is 2.47. The third kappa shape index (κ3) is 5.47. The molecule has 6 rings (SSSR count). The first kappa shape index (κ1) is 27.9. The van der Waals surface area contributed by atoms with E-state index < -0.39 is 22.0 Å². The molecule has 7 nitrogen and oxygen atoms in total. The lowest BCUT2D eigenvalue weighted by molar-refractivity contribution is 0.00140. The van der Waals surface area contributed by atoms with Crippen molar-refractivity contribution in [2.45, 2.75) is 69.8 Å². The zero-order chi connectivity index (χ0) is 28.1. The van der Waals surface area contributed by atoms with Crippen LogP contribution in [-0.4, -0.2) is 51.0 Å². The smallest absolute Gasteiger partial charge is 0.264 e. The van der Waals surface area contributed by atoms with Crippen molar-refractivity contribution in [3.63, 3.8) is 0 Å². The monoisotopic (exact) mass is 586 g/mol. The lowest BCUT2D eigenvalue weighted by atomic mass is 9.67. The molecule has 2 aromatic carbocycles. The Morgan fingerprint density at radius 1 is 1.12 bits per heavy atom. The van der Waals surface area contributed by atoms with E-state index in [2.05, 4.69) is 28.7 Å². The Morgan fingerprint density at radius 2 is 1.98 bits per heavy atom. The molecule has 1 amide bonds. The topological polar surface area (TPSA) is 95.9 Å². The summed E-state index contributed by atoms with van der Waals surface area (Å²) >= 11 is 6.38. The summed E-state index contributed by atoms with van der Waals surface area (Å²) in [6, 6.07) is 11.4. The molecule has 40 heavy (non-hydrogen) atoms. The number of rotatable bonds is 0. The second-order valence-corrected chi connectivity index (χ2v) is 14.9. The van der Waals surface area contributed by atoms with E-state index in [0.717, 1.165) is 49.4 Å². The average molecular weight is 587 g/mol. The van der Waals surface area contributed by atoms with Crippen LogP contribution in [-0.2, 0) is 21.9 Å². The summed E-state index contributed by atoms with van der Waals surface area (Å²) in [7, 11) is -3.77. The van der Waals surface area contributed by atoms with Gasteiger partial charge < -0.3 is 14.7 Å². The molecule has 4 aliphatic rings. The van der Waals surface area contributed by atoms with Gasteiger partial charge in [-0.1, -0.05) is 24.6 Å². The van der Waals surface area contributed by atoms with Gasteiger partial charge in [0.2, 0.25) is 10.0 Å². The number of nitrogens with zero attached hydrogens (tertiary/aromatic N) is 1. The van der Waals surface area contributed by atoms with Crippen molar-refractivity contribution in [2.24, 2.45) is 17.8 Å². The number of aliphatic hydroxyl groups excluding tert-OH is 1. The highest BCUT2D eigenvalue weighted by molar-refractivity contribution is 7.90. The molecular formula is C31H39ClN2O5S. The first-order valence-electron chi connectivity index (χ1n) is 14.7. The van der Waals surface area contributed by atoms with Gasteiger partial charge in [0.25, 0.3) is 5.91 Å². The minimum absolute atomic E-state index is 0.114. The van der Waals surface area contributed by atoms with Crippen molar-refractivity contribution in [1.82, 2.24) is 4.72 Å². The molecule has 0 aromatic heterocycles. The van der Waals surface area contributed by atoms with Crippen LogP contribution in [0.3, 0.4) is 0 Å². The Bertz CT molecular complexity index is 1400. The molecule has 2 aliphatic heterocycles. The normalized spacial score (nSPS) is 32.1. The summed E-state index contributed by atoms with van der Waals surface area (Å²) in [5.74, 6) is 0.725. The number of sulfonamides is 1. The minimum atomic E-state index is -3.77. The Morgan fingerprint density at radius 3 is 2.77 bits per heavy atom. The van der Waals surface area contributed by atoms with Gasteiger partial charge in [0, 0.05) is 29.1 Å². The van der Waals surface area contributed by atoms with Gasteiger partial charge in [-0.25, -0.2) is 13.1 Å². The van der Waals surface area contributed by atoms with Crippen LogP contribution in [0.15, 0.2) is 36.4 Å². The summed E-state index contributed by atoms with van der Waals surface area (Å²) in [5.41, 5.74) is 3.40. The number of halogens is 1. The average Bonchev–Trinajstić information content (AvgIpc) is 3.02. The van der Waals surface area contributed by atoms with E-state index in [1.165, 1.54) is 11.1 Å². The van der Waals surface area contributed by atoms with Crippen molar-refractivity contribution in [3.8, 4) is 5.75 Å². The number of carbonyl (C=O) groups is 1. The van der Waals surface area contributed by atoms with Crippen molar-refractivity contribution in [3.05, 3.63) is 58.1 Å². The summed E-state index contributed by atoms with van der Waals surface area (Å²) < 4.78 is 34.2. The van der Waals surface area contributed by atoms with Crippen LogP contribution in [0.5, 0.6) is 5.75 Å². The largest absolute Gasteiger partial charge is 0.490 e. The molecule has 2 heterocycles. The molecule has 1 spiro atoms. The fraction of sp³-hybridized carbons (Fsp3) is 0.581. The number of ether oxygens (including phenoxy) is 1. The summed E-state index contributed by atoms with van der Waals surface area (Å²) in [5, 5.41) is 11.9. The number of fused-ring (bicyclic) bond motifs is 4. The maximum Gasteiger partial charge on any atom is 0.264 e. The first-order valence-corrected chi connectivity index (χ1v) is 16.7. The van der Waals surface area contributed by atoms with Crippen molar-refractivity contribution in [1.29, 1.82) is 0 Å². The molecule has 2 aliphatic carbocycles. The van der Waals surface area contributed by atoms with E-state index in [1.807, 2.05) is 6.07 Å². The number of carbonyl (C=O) groups excluding carboxylic acids is 1. The van der Waals surface area contributed by atoms with Crippen molar-refractivity contribution < 1.29 is 23.1 Å². The fourth-order valence-electron chi connectivity index (χ4n) is 7.44. The van der Waals surface area contributed by atoms with Crippen LogP contribution in [0.2, 0.25) is 5.02 Å². The first-order chi connectivity index (χ1) is 19.1. The second kappa shape index (κ2) is 10.8. The van der Waals surface area contributed by atoms with Crippen molar-refractivity contribution in [2.75, 3.05) is 30.3 Å². The third-order valence-electron chi connectivity index (χ3n) is 9.73. The number of hydrogen-bond donors (Lipinski definition) is 2. The molecule has 2 bridgehead atoms. The SMILES string of the molecule is C[C@H]1CCCS(=O)(=O)NC(=O)c2ccc3c(c2)N(C[C@@H]2CC[C@H]2[C@H](O)C1)C[C@@]1(CCCc2cc(Cl)ccc21)CO3. The van der Waals surface area contributed by atoms with E-state index in [1.54, 1.807) is 18.2 Å². The third-order valence-corrected chi connectivity index (χ3v) is 11.3. The fourth-order valence-corrected chi connectivity index (χ4v) is 8.69. The Kier molecular flexibility index (Phi) is 7.55. The molecule has 0 unspecified atom stereocenters. The molecule has 9 heteroatoms. The van der Waals surface area contributed by atoms with E-state index in [0.29, 0.717) is 49.6 Å². The molecule has 1 saturated carbocycles. The lowest BCUT2D eigenvalue weighted by Gasteiger charge is -2.46. The number of aryl methyl sites for hydroxylation is 1. The molecular weight excluding hydrogens is 548 g/mol. The van der Waals surface area contributed by atoms with Crippen LogP contribution < -0.4 is 14.4 Å². The standard InChI is InChI=1S/C31H39ClN2O5S/c1-20-4-3-13-40(37,38)33-30(36)22-7-11-29-27(16-22)34(17-23-6-9-25(23)28(35)14-20)18-31(19-39-29)12-2-5-21-15-24(32)8-10-26(21)31/h7-8,10-11,15-16,20,23,25,28,35H,2-6,9,12-14,17-19H2,1H3,(H,33,36)/t20-,23-,25+,28+,31-/m0/s1. The van der Waals surface area contributed by atoms with E-state index >= 15 is 0 Å². The predicted octanol–water partition coefficient (Wildman–Crippen LogP) is 5.08. The number of aliphatic hydroxyl groups is 1. The second-order valence-electron chi connectivity index (χ2n) is 12.6. The Labute approximate surface area is 242 Å². The van der Waals surface area contributed by atoms with E-state index in [-0.39, 0.29) is 23.0 Å². The van der Waals surface area contributed by atoms with Gasteiger partial charge in [0.1, 0.15) is 5.75 Å². The van der Waals surface area contributed by atoms with Gasteiger partial charge in [0.05, 0.1) is 24.2 Å². The number of hydrogen-bond acceptors (Lipinski definition) is 6. The van der Waals surface area contributed by atoms with E-state index in [4.69, 9.17) is 16.3 Å². The molecule has 1 fully saturated rings. The zero-order valence-corrected chi connectivity index (χ0v) is 24.6. The molecule has 2 aromatic rings. The van der Waals surface area contributed by atoms with E-state index in [9.17, 15) is 18.3 Å². The summed E-state index contributed by atoms with van der Waals surface area (Å²) in [4.78, 5) is 15.5. The van der Waals surface area contributed by atoms with Gasteiger partial charge in [-0.15, -0.1) is 0 Å². The molecule has 216 valence electrons. The highest BCUT2D eigenvalue weighted by atomic mass is 35.5. The Balaban J connectivity index is 1.40. The van der Waals surface area contributed by atoms with Crippen LogP contribution in [0.1, 0.15) is 73.4 Å². The highest BCUT2D eigenvalue weighted by Gasteiger charge is 2.44. The quantitative estimate of drug-likeness (QED) is 0.447. The van der Waals surface area contributed by atoms with Gasteiger partial charge in [-0.2, -0.15) is 0 Å². The number of anilines is 1. The van der Waals surface area contributed by atoms with Crippen LogP contribution >= 0.6 is 11.6 Å². The van der Waals surface area contributed by atoms with Crippen LogP contribution in [0.4, 0.5) is 5.69 Å². The number of amides is 1. The zero-order valence-electron chi connectivity index (χ0n) is 23.1. The number of benzene rings is 2. The van der Waals surface area contributed by atoms with Gasteiger partial charge in [0.15, 0.2) is 0 Å². The molecule has 0 saturated heterocycles.